The van der Waals surface area contributed by atoms with Crippen molar-refractivity contribution < 1.29 is 18.0 Å². The van der Waals surface area contributed by atoms with Crippen molar-refractivity contribution in [1.82, 2.24) is 10.2 Å². The number of likely N-dealkylation sites (N-methyl/N-ethyl adjacent to an activating group) is 1. The summed E-state index contributed by atoms with van der Waals surface area (Å²) in [5.74, 6) is -0.556. The molecule has 0 heterocycles. The average molecular weight is 514 g/mol. The van der Waals surface area contributed by atoms with Crippen molar-refractivity contribution in [3.63, 3.8) is 0 Å². The molecule has 2 rings (SSSR count). The molecular formula is C23H29Cl2N3O4S. The standard InChI is InChI=1S/C23H29Cl2N3O4S/c1-4-26-23(30)17(2)27(16-18-12-13-19(24)15-21(18)25)22(29)11-8-14-28(33(3,31)32)20-9-6-5-7-10-20/h5-7,9-10,12-13,15,17H,4,8,11,14,16H2,1-3H3,(H,26,30)/t17-/m1/s1. The smallest absolute Gasteiger partial charge is 0.242 e. The lowest BCUT2D eigenvalue weighted by Gasteiger charge is -2.29. The first-order chi connectivity index (χ1) is 15.5. The molecule has 33 heavy (non-hydrogen) atoms. The topological polar surface area (TPSA) is 86.8 Å². The van der Waals surface area contributed by atoms with Gasteiger partial charge in [0.1, 0.15) is 6.04 Å². The second-order valence-electron chi connectivity index (χ2n) is 7.60. The number of hydrogen-bond acceptors (Lipinski definition) is 4. The largest absolute Gasteiger partial charge is 0.355 e. The minimum absolute atomic E-state index is 0.0633. The van der Waals surface area contributed by atoms with Gasteiger partial charge in [-0.3, -0.25) is 13.9 Å². The lowest BCUT2D eigenvalue weighted by atomic mass is 10.1. The number of sulfonamides is 1. The first-order valence-corrected chi connectivity index (χ1v) is 13.2. The Morgan fingerprint density at radius 1 is 1.09 bits per heavy atom. The van der Waals surface area contributed by atoms with E-state index in [-0.39, 0.29) is 37.7 Å². The van der Waals surface area contributed by atoms with Crippen LogP contribution in [0.3, 0.4) is 0 Å². The predicted octanol–water partition coefficient (Wildman–Crippen LogP) is 4.09. The fourth-order valence-corrected chi connectivity index (χ4v) is 4.77. The Bertz CT molecular complexity index is 1060. The summed E-state index contributed by atoms with van der Waals surface area (Å²) in [4.78, 5) is 27.1. The molecule has 0 aliphatic heterocycles. The van der Waals surface area contributed by atoms with E-state index in [9.17, 15) is 18.0 Å². The van der Waals surface area contributed by atoms with Crippen molar-refractivity contribution in [2.75, 3.05) is 23.7 Å². The average Bonchev–Trinajstić information content (AvgIpc) is 2.75. The van der Waals surface area contributed by atoms with Crippen LogP contribution in [-0.4, -0.2) is 50.5 Å². The Balaban J connectivity index is 2.17. The number of rotatable bonds is 11. The van der Waals surface area contributed by atoms with E-state index >= 15 is 0 Å². The first kappa shape index (κ1) is 27.0. The summed E-state index contributed by atoms with van der Waals surface area (Å²) < 4.78 is 25.8. The highest BCUT2D eigenvalue weighted by Crippen LogP contribution is 2.24. The molecule has 0 saturated heterocycles. The molecular weight excluding hydrogens is 485 g/mol. The highest BCUT2D eigenvalue weighted by atomic mass is 35.5. The molecule has 0 aliphatic rings. The van der Waals surface area contributed by atoms with Crippen LogP contribution in [-0.2, 0) is 26.2 Å². The van der Waals surface area contributed by atoms with Gasteiger partial charge in [0, 0.05) is 36.1 Å². The van der Waals surface area contributed by atoms with Crippen LogP contribution in [0.2, 0.25) is 10.0 Å². The van der Waals surface area contributed by atoms with Crippen molar-refractivity contribution in [3.8, 4) is 0 Å². The third-order valence-corrected chi connectivity index (χ3v) is 6.85. The SMILES string of the molecule is CCNC(=O)[C@@H](C)N(Cc1ccc(Cl)cc1Cl)C(=O)CCCN(c1ccccc1)S(C)(=O)=O. The molecule has 2 aromatic rings. The van der Waals surface area contributed by atoms with Crippen molar-refractivity contribution in [2.45, 2.75) is 39.3 Å². The van der Waals surface area contributed by atoms with Gasteiger partial charge in [0.05, 0.1) is 11.9 Å². The van der Waals surface area contributed by atoms with Crippen LogP contribution >= 0.6 is 23.2 Å². The second kappa shape index (κ2) is 12.3. The summed E-state index contributed by atoms with van der Waals surface area (Å²) >= 11 is 12.3. The Hall–Kier alpha value is -2.29. The number of nitrogens with zero attached hydrogens (tertiary/aromatic N) is 2. The maximum absolute atomic E-state index is 13.2. The zero-order valence-electron chi connectivity index (χ0n) is 18.9. The molecule has 2 amide bonds. The Morgan fingerprint density at radius 3 is 2.33 bits per heavy atom. The quantitative estimate of drug-likeness (QED) is 0.490. The van der Waals surface area contributed by atoms with Crippen LogP contribution in [0.15, 0.2) is 48.5 Å². The van der Waals surface area contributed by atoms with E-state index in [0.717, 1.165) is 6.26 Å². The number of carbonyl (C=O) groups is 2. The van der Waals surface area contributed by atoms with Crippen LogP contribution in [0.5, 0.6) is 0 Å². The van der Waals surface area contributed by atoms with Crippen molar-refractivity contribution in [1.29, 1.82) is 0 Å². The maximum atomic E-state index is 13.2. The van der Waals surface area contributed by atoms with E-state index in [4.69, 9.17) is 23.2 Å². The third kappa shape index (κ3) is 7.91. The monoisotopic (exact) mass is 513 g/mol. The zero-order valence-corrected chi connectivity index (χ0v) is 21.3. The molecule has 0 aromatic heterocycles. The molecule has 180 valence electrons. The fraction of sp³-hybridized carbons (Fsp3) is 0.391. The number of benzene rings is 2. The Kier molecular flexibility index (Phi) is 10.0. The van der Waals surface area contributed by atoms with Gasteiger partial charge in [-0.05, 0) is 50.1 Å². The minimum atomic E-state index is -3.52. The summed E-state index contributed by atoms with van der Waals surface area (Å²) in [6.07, 6.45) is 1.48. The lowest BCUT2D eigenvalue weighted by molar-refractivity contribution is -0.140. The van der Waals surface area contributed by atoms with Gasteiger partial charge in [0.25, 0.3) is 0 Å². The Labute approximate surface area is 205 Å². The Morgan fingerprint density at radius 2 is 1.76 bits per heavy atom. The van der Waals surface area contributed by atoms with Gasteiger partial charge in [0.2, 0.25) is 21.8 Å². The van der Waals surface area contributed by atoms with Gasteiger partial charge in [-0.2, -0.15) is 0 Å². The number of carbonyl (C=O) groups excluding carboxylic acids is 2. The highest BCUT2D eigenvalue weighted by molar-refractivity contribution is 7.92. The maximum Gasteiger partial charge on any atom is 0.242 e. The number of halogens is 2. The predicted molar refractivity (Wildman–Crippen MR) is 133 cm³/mol. The molecule has 7 nitrogen and oxygen atoms in total. The van der Waals surface area contributed by atoms with Crippen LogP contribution in [0.1, 0.15) is 32.3 Å². The summed E-state index contributed by atoms with van der Waals surface area (Å²) in [6, 6.07) is 13.0. The molecule has 0 radical (unpaired) electrons. The van der Waals surface area contributed by atoms with Gasteiger partial charge < -0.3 is 10.2 Å². The normalized spacial score (nSPS) is 12.2. The number of para-hydroxylation sites is 1. The lowest BCUT2D eigenvalue weighted by Crippen LogP contribution is -2.47. The molecule has 0 saturated carbocycles. The van der Waals surface area contributed by atoms with Gasteiger partial charge in [-0.15, -0.1) is 0 Å². The van der Waals surface area contributed by atoms with Gasteiger partial charge >= 0.3 is 0 Å². The molecule has 1 N–H and O–H groups in total. The zero-order chi connectivity index (χ0) is 24.6. The highest BCUT2D eigenvalue weighted by Gasteiger charge is 2.27. The van der Waals surface area contributed by atoms with Crippen LogP contribution in [0.25, 0.3) is 0 Å². The molecule has 1 atom stereocenters. The molecule has 0 fully saturated rings. The third-order valence-electron chi connectivity index (χ3n) is 5.07. The fourth-order valence-electron chi connectivity index (χ4n) is 3.34. The minimum Gasteiger partial charge on any atom is -0.355 e. The molecule has 0 aliphatic carbocycles. The van der Waals surface area contributed by atoms with E-state index in [1.54, 1.807) is 62.4 Å². The van der Waals surface area contributed by atoms with Crippen LogP contribution < -0.4 is 9.62 Å². The van der Waals surface area contributed by atoms with Gasteiger partial charge in [-0.1, -0.05) is 47.5 Å². The van der Waals surface area contributed by atoms with Gasteiger partial charge in [0.15, 0.2) is 0 Å². The van der Waals surface area contributed by atoms with Crippen LogP contribution in [0.4, 0.5) is 5.69 Å². The molecule has 0 spiro atoms. The number of hydrogen-bond donors (Lipinski definition) is 1. The van der Waals surface area contributed by atoms with Crippen molar-refractivity contribution in [2.24, 2.45) is 0 Å². The number of nitrogens with one attached hydrogen (secondary N) is 1. The van der Waals surface area contributed by atoms with E-state index in [1.165, 1.54) is 9.21 Å². The molecule has 0 unspecified atom stereocenters. The number of anilines is 1. The molecule has 0 bridgehead atoms. The van der Waals surface area contributed by atoms with Crippen molar-refractivity contribution >= 4 is 50.7 Å². The summed E-state index contributed by atoms with van der Waals surface area (Å²) in [7, 11) is -3.52. The molecule has 10 heteroatoms. The van der Waals surface area contributed by atoms with Gasteiger partial charge in [-0.25, -0.2) is 8.42 Å². The van der Waals surface area contributed by atoms with Crippen molar-refractivity contribution in [3.05, 3.63) is 64.1 Å². The second-order valence-corrected chi connectivity index (χ2v) is 10.4. The summed E-state index contributed by atoms with van der Waals surface area (Å²) in [6.45, 7) is 4.16. The summed E-state index contributed by atoms with van der Waals surface area (Å²) in [5.41, 5.74) is 1.19. The summed E-state index contributed by atoms with van der Waals surface area (Å²) in [5, 5.41) is 3.60. The number of amides is 2. The van der Waals surface area contributed by atoms with Crippen LogP contribution in [0, 0.1) is 0 Å². The van der Waals surface area contributed by atoms with E-state index in [2.05, 4.69) is 5.32 Å². The molecule has 2 aromatic carbocycles. The first-order valence-electron chi connectivity index (χ1n) is 10.6. The van der Waals surface area contributed by atoms with E-state index < -0.39 is 16.1 Å². The van der Waals surface area contributed by atoms with E-state index in [1.807, 2.05) is 0 Å². The van der Waals surface area contributed by atoms with E-state index in [0.29, 0.717) is 27.8 Å².